The van der Waals surface area contributed by atoms with Gasteiger partial charge in [0.15, 0.2) is 0 Å². The van der Waals surface area contributed by atoms with E-state index in [4.69, 9.17) is 16.2 Å². The Morgan fingerprint density at radius 2 is 2.15 bits per heavy atom. The van der Waals surface area contributed by atoms with Gasteiger partial charge in [-0.3, -0.25) is 4.79 Å². The molecule has 0 saturated heterocycles. The van der Waals surface area contributed by atoms with Crippen LogP contribution in [0.1, 0.15) is 10.4 Å². The molecule has 6 nitrogen and oxygen atoms in total. The molecule has 1 heterocycles. The number of anilines is 2. The smallest absolute Gasteiger partial charge is 0.252 e. The molecule has 0 saturated carbocycles. The van der Waals surface area contributed by atoms with Crippen LogP contribution < -0.4 is 21.5 Å². The van der Waals surface area contributed by atoms with Crippen molar-refractivity contribution in [3.63, 3.8) is 0 Å². The highest BCUT2D eigenvalue weighted by Gasteiger charge is 2.07. The topological polar surface area (TPSA) is 103 Å². The summed E-state index contributed by atoms with van der Waals surface area (Å²) in [5.74, 6) is 0.636. The number of primary amides is 1. The van der Waals surface area contributed by atoms with Gasteiger partial charge in [-0.2, -0.15) is 0 Å². The van der Waals surface area contributed by atoms with Gasteiger partial charge in [-0.1, -0.05) is 6.07 Å². The first-order valence-corrected chi connectivity index (χ1v) is 6.14. The van der Waals surface area contributed by atoms with Gasteiger partial charge in [-0.05, 0) is 24.3 Å². The van der Waals surface area contributed by atoms with E-state index in [2.05, 4.69) is 10.3 Å². The van der Waals surface area contributed by atoms with Gasteiger partial charge >= 0.3 is 0 Å². The average molecular weight is 272 g/mol. The summed E-state index contributed by atoms with van der Waals surface area (Å²) in [4.78, 5) is 15.3. The van der Waals surface area contributed by atoms with E-state index < -0.39 is 5.91 Å². The van der Waals surface area contributed by atoms with Crippen molar-refractivity contribution in [3.8, 4) is 5.75 Å². The van der Waals surface area contributed by atoms with E-state index in [-0.39, 0.29) is 0 Å². The second-order valence-electron chi connectivity index (χ2n) is 4.11. The molecule has 1 amide bonds. The number of nitrogens with zero attached hydrogens (tertiary/aromatic N) is 1. The highest BCUT2D eigenvalue weighted by molar-refractivity contribution is 5.97. The number of benzene rings is 1. The number of carbonyl (C=O) groups excluding carboxylic acids is 1. The first-order valence-electron chi connectivity index (χ1n) is 6.14. The number of nitrogens with two attached hydrogens (primary N) is 2. The summed E-state index contributed by atoms with van der Waals surface area (Å²) in [5, 5.41) is 3.01. The fourth-order valence-electron chi connectivity index (χ4n) is 1.69. The van der Waals surface area contributed by atoms with Gasteiger partial charge in [0.1, 0.15) is 18.2 Å². The average Bonchev–Trinajstić information content (AvgIpc) is 2.44. The van der Waals surface area contributed by atoms with Gasteiger partial charge in [-0.25, -0.2) is 4.98 Å². The third-order valence-electron chi connectivity index (χ3n) is 2.59. The maximum absolute atomic E-state index is 11.2. The molecule has 0 aliphatic rings. The van der Waals surface area contributed by atoms with E-state index >= 15 is 0 Å². The summed E-state index contributed by atoms with van der Waals surface area (Å²) in [7, 11) is 0. The summed E-state index contributed by atoms with van der Waals surface area (Å²) in [5.41, 5.74) is 11.9. The predicted molar refractivity (Wildman–Crippen MR) is 77.6 cm³/mol. The van der Waals surface area contributed by atoms with Crippen molar-refractivity contribution in [2.24, 2.45) is 5.73 Å². The Morgan fingerprint density at radius 1 is 1.30 bits per heavy atom. The maximum atomic E-state index is 11.2. The number of hydrogen-bond donors (Lipinski definition) is 3. The lowest BCUT2D eigenvalue weighted by Gasteiger charge is -2.10. The number of carbonyl (C=O) groups is 1. The van der Waals surface area contributed by atoms with Crippen LogP contribution in [-0.2, 0) is 0 Å². The van der Waals surface area contributed by atoms with Crippen molar-refractivity contribution in [2.45, 2.75) is 0 Å². The van der Waals surface area contributed by atoms with Crippen LogP contribution in [0.15, 0.2) is 42.6 Å². The van der Waals surface area contributed by atoms with Crippen molar-refractivity contribution < 1.29 is 9.53 Å². The van der Waals surface area contributed by atoms with Crippen molar-refractivity contribution in [1.82, 2.24) is 4.98 Å². The van der Waals surface area contributed by atoms with Gasteiger partial charge in [0, 0.05) is 18.0 Å². The van der Waals surface area contributed by atoms with Crippen molar-refractivity contribution in [2.75, 3.05) is 24.2 Å². The molecule has 104 valence electrons. The van der Waals surface area contributed by atoms with Gasteiger partial charge in [-0.15, -0.1) is 0 Å². The first kappa shape index (κ1) is 13.7. The molecule has 0 aliphatic heterocycles. The van der Waals surface area contributed by atoms with Crippen LogP contribution in [0.4, 0.5) is 11.5 Å². The van der Waals surface area contributed by atoms with E-state index in [0.717, 1.165) is 0 Å². The standard InChI is InChI=1S/C14H16N4O2/c15-10-3-1-4-11(9-10)20-8-7-18-14-12(13(16)19)5-2-6-17-14/h1-6,9H,7-8,15H2,(H2,16,19)(H,17,18). The Bertz CT molecular complexity index is 601. The minimum atomic E-state index is -0.516. The number of pyridine rings is 1. The molecule has 6 heteroatoms. The van der Waals surface area contributed by atoms with Crippen molar-refractivity contribution in [1.29, 1.82) is 0 Å². The summed E-state index contributed by atoms with van der Waals surface area (Å²) >= 11 is 0. The molecule has 0 unspecified atom stereocenters. The predicted octanol–water partition coefficient (Wildman–Crippen LogP) is 1.25. The number of rotatable bonds is 6. The Kier molecular flexibility index (Phi) is 4.39. The van der Waals surface area contributed by atoms with Crippen molar-refractivity contribution >= 4 is 17.4 Å². The summed E-state index contributed by atoms with van der Waals surface area (Å²) in [6.45, 7) is 0.907. The Balaban J connectivity index is 1.86. The molecule has 0 atom stereocenters. The normalized spacial score (nSPS) is 10.0. The Hall–Kier alpha value is -2.76. The van der Waals surface area contributed by atoms with E-state index in [9.17, 15) is 4.79 Å². The van der Waals surface area contributed by atoms with Crippen LogP contribution >= 0.6 is 0 Å². The minimum Gasteiger partial charge on any atom is -0.492 e. The molecule has 0 aliphatic carbocycles. The lowest BCUT2D eigenvalue weighted by Crippen LogP contribution is -2.18. The molecule has 2 aromatic rings. The molecule has 0 radical (unpaired) electrons. The third kappa shape index (κ3) is 3.61. The van der Waals surface area contributed by atoms with Gasteiger partial charge in [0.25, 0.3) is 5.91 Å². The molecular weight excluding hydrogens is 256 g/mol. The number of amides is 1. The van der Waals surface area contributed by atoms with E-state index in [1.165, 1.54) is 0 Å². The maximum Gasteiger partial charge on any atom is 0.252 e. The van der Waals surface area contributed by atoms with Crippen LogP contribution in [0, 0.1) is 0 Å². The van der Waals surface area contributed by atoms with Gasteiger partial charge < -0.3 is 21.5 Å². The minimum absolute atomic E-state index is 0.358. The summed E-state index contributed by atoms with van der Waals surface area (Å²) in [6.07, 6.45) is 1.59. The zero-order valence-electron chi connectivity index (χ0n) is 10.9. The Labute approximate surface area is 116 Å². The van der Waals surface area contributed by atoms with Gasteiger partial charge in [0.05, 0.1) is 12.1 Å². The number of hydrogen-bond acceptors (Lipinski definition) is 5. The zero-order chi connectivity index (χ0) is 14.4. The molecule has 5 N–H and O–H groups in total. The zero-order valence-corrected chi connectivity index (χ0v) is 10.9. The molecule has 20 heavy (non-hydrogen) atoms. The van der Waals surface area contributed by atoms with Gasteiger partial charge in [0.2, 0.25) is 0 Å². The third-order valence-corrected chi connectivity index (χ3v) is 2.59. The fourth-order valence-corrected chi connectivity index (χ4v) is 1.69. The largest absolute Gasteiger partial charge is 0.492 e. The van der Waals surface area contributed by atoms with Crippen LogP contribution in [0.5, 0.6) is 5.75 Å². The highest BCUT2D eigenvalue weighted by atomic mass is 16.5. The molecule has 0 bridgehead atoms. The number of nitrogens with one attached hydrogen (secondary N) is 1. The number of nitrogen functional groups attached to an aromatic ring is 1. The second kappa shape index (κ2) is 6.42. The summed E-state index contributed by atoms with van der Waals surface area (Å²) < 4.78 is 5.52. The molecular formula is C14H16N4O2. The van der Waals surface area contributed by atoms with Crippen LogP contribution in [0.3, 0.4) is 0 Å². The van der Waals surface area contributed by atoms with E-state index in [1.54, 1.807) is 30.5 Å². The number of ether oxygens (including phenoxy) is 1. The van der Waals surface area contributed by atoms with Crippen LogP contribution in [-0.4, -0.2) is 24.0 Å². The molecule has 2 rings (SSSR count). The first-order chi connectivity index (χ1) is 9.66. The molecule has 0 fully saturated rings. The second-order valence-corrected chi connectivity index (χ2v) is 4.11. The van der Waals surface area contributed by atoms with Crippen LogP contribution in [0.25, 0.3) is 0 Å². The highest BCUT2D eigenvalue weighted by Crippen LogP contribution is 2.14. The monoisotopic (exact) mass is 272 g/mol. The lowest BCUT2D eigenvalue weighted by atomic mass is 10.2. The lowest BCUT2D eigenvalue weighted by molar-refractivity contribution is 0.100. The summed E-state index contributed by atoms with van der Waals surface area (Å²) in [6, 6.07) is 10.5. The van der Waals surface area contributed by atoms with E-state index in [1.807, 2.05) is 12.1 Å². The van der Waals surface area contributed by atoms with Crippen LogP contribution in [0.2, 0.25) is 0 Å². The SMILES string of the molecule is NC(=O)c1cccnc1NCCOc1cccc(N)c1. The van der Waals surface area contributed by atoms with E-state index in [0.29, 0.717) is 36.0 Å². The number of aromatic nitrogens is 1. The quantitative estimate of drug-likeness (QED) is 0.542. The molecule has 1 aromatic heterocycles. The fraction of sp³-hybridized carbons (Fsp3) is 0.143. The molecule has 0 spiro atoms. The molecule has 1 aromatic carbocycles. The van der Waals surface area contributed by atoms with Crippen molar-refractivity contribution in [3.05, 3.63) is 48.2 Å². The Morgan fingerprint density at radius 3 is 2.90 bits per heavy atom.